The van der Waals surface area contributed by atoms with Gasteiger partial charge in [0, 0.05) is 12.6 Å². The molecular formula is C19H20N2O3S2. The van der Waals surface area contributed by atoms with E-state index in [1.54, 1.807) is 19.1 Å². The van der Waals surface area contributed by atoms with Gasteiger partial charge in [0.25, 0.3) is 5.91 Å². The van der Waals surface area contributed by atoms with Crippen LogP contribution < -0.4 is 4.80 Å². The lowest BCUT2D eigenvalue weighted by atomic mass is 10.1. The van der Waals surface area contributed by atoms with Crippen molar-refractivity contribution in [3.05, 3.63) is 58.4 Å². The summed E-state index contributed by atoms with van der Waals surface area (Å²) in [7, 11) is -1.47. The van der Waals surface area contributed by atoms with Gasteiger partial charge in [0.1, 0.15) is 0 Å². The van der Waals surface area contributed by atoms with Gasteiger partial charge in [0.05, 0.1) is 20.9 Å². The predicted octanol–water partition coefficient (Wildman–Crippen LogP) is 3.34. The Morgan fingerprint density at radius 1 is 1.15 bits per heavy atom. The molecule has 1 amide bonds. The minimum Gasteiger partial charge on any atom is -0.319 e. The highest BCUT2D eigenvalue weighted by molar-refractivity contribution is 7.91. The summed E-state index contributed by atoms with van der Waals surface area (Å²) in [6.07, 6.45) is 0.895. The lowest BCUT2D eigenvalue weighted by molar-refractivity contribution is 0.0997. The third kappa shape index (κ3) is 3.37. The summed E-state index contributed by atoms with van der Waals surface area (Å²) in [5, 5.41) is 0. The van der Waals surface area contributed by atoms with Gasteiger partial charge in [-0.05, 0) is 36.2 Å². The molecule has 136 valence electrons. The Labute approximate surface area is 156 Å². The number of rotatable bonds is 4. The van der Waals surface area contributed by atoms with Crippen molar-refractivity contribution in [3.8, 4) is 0 Å². The van der Waals surface area contributed by atoms with Gasteiger partial charge in [-0.2, -0.15) is 4.99 Å². The zero-order chi connectivity index (χ0) is 18.9. The number of carbonyl (C=O) groups is 1. The molecule has 3 aromatic rings. The molecule has 0 aliphatic heterocycles. The number of hydrogen-bond donors (Lipinski definition) is 0. The minimum absolute atomic E-state index is 0.00709. The predicted molar refractivity (Wildman–Crippen MR) is 104 cm³/mol. The van der Waals surface area contributed by atoms with Gasteiger partial charge in [-0.15, -0.1) is 0 Å². The van der Waals surface area contributed by atoms with E-state index in [-0.39, 0.29) is 16.2 Å². The largest absolute Gasteiger partial charge is 0.319 e. The van der Waals surface area contributed by atoms with E-state index in [0.29, 0.717) is 4.80 Å². The molecule has 3 rings (SSSR count). The van der Waals surface area contributed by atoms with E-state index >= 15 is 0 Å². The van der Waals surface area contributed by atoms with Crippen LogP contribution >= 0.6 is 11.3 Å². The maximum Gasteiger partial charge on any atom is 0.279 e. The van der Waals surface area contributed by atoms with E-state index in [9.17, 15) is 13.2 Å². The number of carbonyl (C=O) groups excluding carboxylic acids is 1. The Hall–Kier alpha value is -2.25. The van der Waals surface area contributed by atoms with Gasteiger partial charge < -0.3 is 4.57 Å². The minimum atomic E-state index is -3.36. The summed E-state index contributed by atoms with van der Waals surface area (Å²) < 4.78 is 27.1. The molecule has 26 heavy (non-hydrogen) atoms. The lowest BCUT2D eigenvalue weighted by Gasteiger charge is -2.03. The number of hydrogen-bond acceptors (Lipinski definition) is 4. The summed E-state index contributed by atoms with van der Waals surface area (Å²) >= 11 is 1.45. The maximum atomic E-state index is 12.6. The summed E-state index contributed by atoms with van der Waals surface area (Å²) in [6, 6.07) is 12.1. The zero-order valence-electron chi connectivity index (χ0n) is 14.9. The Morgan fingerprint density at radius 3 is 2.58 bits per heavy atom. The van der Waals surface area contributed by atoms with Crippen molar-refractivity contribution < 1.29 is 13.2 Å². The van der Waals surface area contributed by atoms with E-state index in [2.05, 4.69) is 18.0 Å². The fraction of sp³-hybridized carbons (Fsp3) is 0.263. The summed E-state index contributed by atoms with van der Waals surface area (Å²) in [4.78, 5) is 17.6. The molecule has 1 heterocycles. The highest BCUT2D eigenvalue weighted by Gasteiger charge is 2.15. The molecule has 7 heteroatoms. The van der Waals surface area contributed by atoms with Crippen LogP contribution in [-0.4, -0.2) is 24.6 Å². The third-order valence-corrected chi connectivity index (χ3v) is 7.13. The molecular weight excluding hydrogens is 368 g/mol. The second-order valence-corrected chi connectivity index (χ2v) is 9.20. The molecule has 0 N–H and O–H groups in total. The monoisotopic (exact) mass is 388 g/mol. The van der Waals surface area contributed by atoms with E-state index in [4.69, 9.17) is 0 Å². The molecule has 2 aromatic carbocycles. The van der Waals surface area contributed by atoms with Crippen LogP contribution in [0.15, 0.2) is 52.4 Å². The Bertz CT molecular complexity index is 1150. The second kappa shape index (κ2) is 7.17. The van der Waals surface area contributed by atoms with Crippen LogP contribution in [0.2, 0.25) is 0 Å². The molecule has 0 atom stereocenters. The van der Waals surface area contributed by atoms with Crippen LogP contribution in [0.1, 0.15) is 29.8 Å². The first-order chi connectivity index (χ1) is 12.4. The summed E-state index contributed by atoms with van der Waals surface area (Å²) in [6.45, 7) is 3.67. The molecule has 0 unspecified atom stereocenters. The van der Waals surface area contributed by atoms with Crippen molar-refractivity contribution in [1.82, 2.24) is 4.57 Å². The highest BCUT2D eigenvalue weighted by Crippen LogP contribution is 2.21. The molecule has 0 fully saturated rings. The number of sulfone groups is 1. The number of thiazole rings is 1. The van der Waals surface area contributed by atoms with E-state index < -0.39 is 15.7 Å². The van der Waals surface area contributed by atoms with Crippen LogP contribution in [0.3, 0.4) is 0 Å². The van der Waals surface area contributed by atoms with Crippen molar-refractivity contribution in [2.45, 2.75) is 25.2 Å². The normalized spacial score (nSPS) is 12.7. The van der Waals surface area contributed by atoms with Crippen LogP contribution in [0, 0.1) is 0 Å². The first-order valence-electron chi connectivity index (χ1n) is 8.36. The fourth-order valence-corrected chi connectivity index (χ4v) is 4.81. The number of benzene rings is 2. The smallest absolute Gasteiger partial charge is 0.279 e. The first-order valence-corrected chi connectivity index (χ1v) is 10.8. The molecule has 0 aliphatic rings. The number of aryl methyl sites for hydroxylation is 2. The SMILES string of the molecule is CCc1cccc2sc(=NC(=O)c3cccc(S(=O)(=O)CC)c3)n(C)c12. The van der Waals surface area contributed by atoms with Crippen LogP contribution in [0.25, 0.3) is 10.2 Å². The van der Waals surface area contributed by atoms with Crippen LogP contribution in [0.5, 0.6) is 0 Å². The quantitative estimate of drug-likeness (QED) is 0.688. The number of amides is 1. The van der Waals surface area contributed by atoms with Crippen molar-refractivity contribution in [2.75, 3.05) is 5.75 Å². The zero-order valence-corrected chi connectivity index (χ0v) is 16.5. The highest BCUT2D eigenvalue weighted by atomic mass is 32.2. The average Bonchev–Trinajstić information content (AvgIpc) is 2.97. The fourth-order valence-electron chi connectivity index (χ4n) is 2.82. The van der Waals surface area contributed by atoms with Crippen molar-refractivity contribution in [3.63, 3.8) is 0 Å². The van der Waals surface area contributed by atoms with E-state index in [1.807, 2.05) is 23.7 Å². The molecule has 0 saturated carbocycles. The second-order valence-electron chi connectivity index (χ2n) is 5.91. The van der Waals surface area contributed by atoms with Gasteiger partial charge >= 0.3 is 0 Å². The Morgan fingerprint density at radius 2 is 1.88 bits per heavy atom. The first kappa shape index (κ1) is 18.5. The molecule has 0 radical (unpaired) electrons. The maximum absolute atomic E-state index is 12.6. The molecule has 0 bridgehead atoms. The number of aromatic nitrogens is 1. The Kier molecular flexibility index (Phi) is 5.11. The van der Waals surface area contributed by atoms with Gasteiger partial charge in [0.15, 0.2) is 14.6 Å². The van der Waals surface area contributed by atoms with Crippen molar-refractivity contribution in [1.29, 1.82) is 0 Å². The molecule has 5 nitrogen and oxygen atoms in total. The van der Waals surface area contributed by atoms with Gasteiger partial charge in [-0.3, -0.25) is 4.79 Å². The Balaban J connectivity index is 2.09. The lowest BCUT2D eigenvalue weighted by Crippen LogP contribution is -2.14. The molecule has 1 aromatic heterocycles. The van der Waals surface area contributed by atoms with Gasteiger partial charge in [0.2, 0.25) is 0 Å². The molecule has 0 aliphatic carbocycles. The van der Waals surface area contributed by atoms with Crippen molar-refractivity contribution >= 4 is 37.3 Å². The van der Waals surface area contributed by atoms with Crippen LogP contribution in [-0.2, 0) is 23.3 Å². The van der Waals surface area contributed by atoms with E-state index in [0.717, 1.165) is 16.6 Å². The van der Waals surface area contributed by atoms with Crippen LogP contribution in [0.4, 0.5) is 0 Å². The molecule has 0 saturated heterocycles. The third-order valence-electron chi connectivity index (χ3n) is 4.30. The topological polar surface area (TPSA) is 68.5 Å². The van der Waals surface area contributed by atoms with E-state index in [1.165, 1.54) is 29.0 Å². The summed E-state index contributed by atoms with van der Waals surface area (Å²) in [5.41, 5.74) is 2.55. The van der Waals surface area contributed by atoms with Gasteiger partial charge in [-0.25, -0.2) is 8.42 Å². The summed E-state index contributed by atoms with van der Waals surface area (Å²) in [5.74, 6) is -0.453. The standard InChI is InChI=1S/C19H20N2O3S2/c1-4-13-8-7-11-16-17(13)21(3)19(25-16)20-18(22)14-9-6-10-15(12-14)26(23,24)5-2/h6-12H,4-5H2,1-3H3. The van der Waals surface area contributed by atoms with Gasteiger partial charge in [-0.1, -0.05) is 43.4 Å². The molecule has 0 spiro atoms. The number of fused-ring (bicyclic) bond motifs is 1. The number of nitrogens with zero attached hydrogens (tertiary/aromatic N) is 2. The van der Waals surface area contributed by atoms with Crippen molar-refractivity contribution in [2.24, 2.45) is 12.0 Å². The average molecular weight is 389 g/mol. The number of para-hydroxylation sites is 1.